The Labute approximate surface area is 145 Å². The molecule has 4 nitrogen and oxygen atoms in total. The number of nitrogens with zero attached hydrogens (tertiary/aromatic N) is 1. The van der Waals surface area contributed by atoms with Gasteiger partial charge in [0.25, 0.3) is 11.8 Å². The lowest BCUT2D eigenvalue weighted by Crippen LogP contribution is -2.29. The summed E-state index contributed by atoms with van der Waals surface area (Å²) in [5.41, 5.74) is 1.14. The van der Waals surface area contributed by atoms with E-state index in [4.69, 9.17) is 11.6 Å². The van der Waals surface area contributed by atoms with Gasteiger partial charge in [-0.2, -0.15) is 13.2 Å². The van der Waals surface area contributed by atoms with E-state index in [-0.39, 0.29) is 17.3 Å². The number of alkyl halides is 3. The third kappa shape index (κ3) is 3.61. The van der Waals surface area contributed by atoms with Crippen LogP contribution >= 0.6 is 11.6 Å². The molecule has 0 bridgehead atoms. The molecule has 0 radical (unpaired) electrons. The third-order valence-corrected chi connectivity index (χ3v) is 3.90. The molecule has 0 N–H and O–H groups in total. The minimum Gasteiger partial charge on any atom is -0.483 e. The second-order valence-corrected chi connectivity index (χ2v) is 5.82. The van der Waals surface area contributed by atoms with Crippen molar-refractivity contribution in [2.75, 3.05) is 6.61 Å². The Morgan fingerprint density at radius 3 is 2.12 bits per heavy atom. The molecule has 0 saturated heterocycles. The van der Waals surface area contributed by atoms with Crippen LogP contribution in [0.25, 0.3) is 0 Å². The average Bonchev–Trinajstić information content (AvgIpc) is 2.79. The van der Waals surface area contributed by atoms with Gasteiger partial charge in [-0.1, -0.05) is 29.8 Å². The van der Waals surface area contributed by atoms with Crippen molar-refractivity contribution in [3.63, 3.8) is 0 Å². The van der Waals surface area contributed by atoms with Gasteiger partial charge in [-0.15, -0.1) is 0 Å². The minimum atomic E-state index is -4.47. The Morgan fingerprint density at radius 2 is 1.60 bits per heavy atom. The number of rotatable bonds is 4. The third-order valence-electron chi connectivity index (χ3n) is 3.61. The number of carbonyl (C=O) groups excluding carboxylic acids is 2. The average molecular weight is 370 g/mol. The molecule has 0 aliphatic carbocycles. The van der Waals surface area contributed by atoms with Crippen molar-refractivity contribution in [1.82, 2.24) is 4.90 Å². The largest absolute Gasteiger partial charge is 0.483 e. The van der Waals surface area contributed by atoms with E-state index in [1.54, 1.807) is 24.3 Å². The predicted molar refractivity (Wildman–Crippen MR) is 83.6 cm³/mol. The highest BCUT2D eigenvalue weighted by Crippen LogP contribution is 2.29. The quantitative estimate of drug-likeness (QED) is 0.763. The highest BCUT2D eigenvalue weighted by molar-refractivity contribution is 6.32. The van der Waals surface area contributed by atoms with Crippen molar-refractivity contribution in [2.45, 2.75) is 12.7 Å². The lowest BCUT2D eigenvalue weighted by molar-refractivity contribution is -0.153. The van der Waals surface area contributed by atoms with Crippen molar-refractivity contribution in [3.8, 4) is 5.75 Å². The molecule has 2 amide bonds. The number of halogens is 4. The van der Waals surface area contributed by atoms with Gasteiger partial charge in [0, 0.05) is 0 Å². The highest BCUT2D eigenvalue weighted by atomic mass is 35.5. The summed E-state index contributed by atoms with van der Waals surface area (Å²) >= 11 is 5.92. The number of amides is 2. The Balaban J connectivity index is 1.75. The monoisotopic (exact) mass is 369 g/mol. The van der Waals surface area contributed by atoms with Crippen LogP contribution in [0.1, 0.15) is 26.3 Å². The lowest BCUT2D eigenvalue weighted by Gasteiger charge is -2.15. The van der Waals surface area contributed by atoms with Crippen molar-refractivity contribution >= 4 is 23.4 Å². The zero-order valence-electron chi connectivity index (χ0n) is 12.6. The molecule has 2 aromatic carbocycles. The molecule has 0 fully saturated rings. The second-order valence-electron chi connectivity index (χ2n) is 5.41. The molecule has 1 aliphatic rings. The van der Waals surface area contributed by atoms with Crippen molar-refractivity contribution in [3.05, 3.63) is 64.2 Å². The van der Waals surface area contributed by atoms with Crippen molar-refractivity contribution in [1.29, 1.82) is 0 Å². The van der Waals surface area contributed by atoms with Crippen LogP contribution < -0.4 is 4.74 Å². The Morgan fingerprint density at radius 1 is 1.00 bits per heavy atom. The van der Waals surface area contributed by atoms with Gasteiger partial charge in [0.05, 0.1) is 22.7 Å². The van der Waals surface area contributed by atoms with Crippen LogP contribution in [0.3, 0.4) is 0 Å². The van der Waals surface area contributed by atoms with Crippen LogP contribution in [0.2, 0.25) is 5.02 Å². The number of ether oxygens (including phenoxy) is 1. The first-order valence-electron chi connectivity index (χ1n) is 7.19. The molecule has 1 aliphatic heterocycles. The predicted octanol–water partition coefficient (Wildman–Crippen LogP) is 4.08. The summed E-state index contributed by atoms with van der Waals surface area (Å²) in [6.45, 7) is -1.49. The summed E-state index contributed by atoms with van der Waals surface area (Å²) in [6, 6.07) is 10.6. The molecule has 1 heterocycles. The Hall–Kier alpha value is -2.54. The summed E-state index contributed by atoms with van der Waals surface area (Å²) in [5, 5.41) is -0.0293. The summed E-state index contributed by atoms with van der Waals surface area (Å²) in [5.74, 6) is -0.964. The van der Waals surface area contributed by atoms with Crippen molar-refractivity contribution in [2.24, 2.45) is 0 Å². The van der Waals surface area contributed by atoms with Crippen LogP contribution in [0, 0.1) is 0 Å². The fraction of sp³-hybridized carbons (Fsp3) is 0.176. The molecule has 130 valence electrons. The Bertz CT molecular complexity index is 816. The molecular formula is C17H11ClF3NO3. The number of benzene rings is 2. The molecule has 0 atom stereocenters. The van der Waals surface area contributed by atoms with E-state index in [0.29, 0.717) is 16.7 Å². The normalized spacial score (nSPS) is 14.0. The van der Waals surface area contributed by atoms with E-state index in [1.807, 2.05) is 0 Å². The van der Waals surface area contributed by atoms with Gasteiger partial charge in [-0.3, -0.25) is 14.5 Å². The smallest absolute Gasteiger partial charge is 0.422 e. The van der Waals surface area contributed by atoms with E-state index in [1.165, 1.54) is 18.2 Å². The fourth-order valence-electron chi connectivity index (χ4n) is 2.48. The standard InChI is InChI=1S/C17H11ClF3NO3/c18-13-7-10(5-6-14(13)25-9-17(19,20)21)8-22-15(23)11-3-1-2-4-12(11)16(22)24/h1-7H,8-9H2. The summed E-state index contributed by atoms with van der Waals surface area (Å²) in [7, 11) is 0. The topological polar surface area (TPSA) is 46.6 Å². The van der Waals surface area contributed by atoms with Crippen LogP contribution in [-0.4, -0.2) is 29.5 Å². The Kier molecular flexibility index (Phi) is 4.43. The molecule has 3 rings (SSSR count). The maximum Gasteiger partial charge on any atom is 0.422 e. The first-order valence-corrected chi connectivity index (χ1v) is 7.57. The summed E-state index contributed by atoms with van der Waals surface area (Å²) in [4.78, 5) is 25.7. The van der Waals surface area contributed by atoms with Crippen LogP contribution in [-0.2, 0) is 6.54 Å². The molecular weight excluding hydrogens is 359 g/mol. The first kappa shape index (κ1) is 17.3. The van der Waals surface area contributed by atoms with Gasteiger partial charge >= 0.3 is 6.18 Å². The van der Waals surface area contributed by atoms with Crippen LogP contribution in [0.15, 0.2) is 42.5 Å². The van der Waals surface area contributed by atoms with Gasteiger partial charge in [-0.05, 0) is 29.8 Å². The first-order chi connectivity index (χ1) is 11.8. The van der Waals surface area contributed by atoms with Gasteiger partial charge < -0.3 is 4.74 Å². The summed E-state index contributed by atoms with van der Waals surface area (Å²) < 4.78 is 41.2. The van der Waals surface area contributed by atoms with Crippen molar-refractivity contribution < 1.29 is 27.5 Å². The number of hydrogen-bond donors (Lipinski definition) is 0. The maximum absolute atomic E-state index is 12.3. The van der Waals surface area contributed by atoms with Gasteiger partial charge in [-0.25, -0.2) is 0 Å². The summed E-state index contributed by atoms with van der Waals surface area (Å²) in [6.07, 6.45) is -4.47. The SMILES string of the molecule is O=C1c2ccccc2C(=O)N1Cc1ccc(OCC(F)(F)F)c(Cl)c1. The molecule has 2 aromatic rings. The van der Waals surface area contributed by atoms with E-state index >= 15 is 0 Å². The van der Waals surface area contributed by atoms with Crippen LogP contribution in [0.4, 0.5) is 13.2 Å². The zero-order chi connectivity index (χ0) is 18.2. The van der Waals surface area contributed by atoms with E-state index in [9.17, 15) is 22.8 Å². The highest BCUT2D eigenvalue weighted by Gasteiger charge is 2.35. The number of imide groups is 1. The number of fused-ring (bicyclic) bond motifs is 1. The van der Waals surface area contributed by atoms with E-state index < -0.39 is 24.6 Å². The zero-order valence-corrected chi connectivity index (χ0v) is 13.4. The molecule has 8 heteroatoms. The van der Waals surface area contributed by atoms with E-state index in [0.717, 1.165) is 4.90 Å². The molecule has 0 saturated carbocycles. The second kappa shape index (κ2) is 6.40. The maximum atomic E-state index is 12.3. The number of hydrogen-bond acceptors (Lipinski definition) is 3. The number of carbonyl (C=O) groups is 2. The molecule has 0 spiro atoms. The van der Waals surface area contributed by atoms with E-state index in [2.05, 4.69) is 4.74 Å². The van der Waals surface area contributed by atoms with Gasteiger partial charge in [0.15, 0.2) is 6.61 Å². The molecule has 25 heavy (non-hydrogen) atoms. The molecule has 0 aromatic heterocycles. The lowest BCUT2D eigenvalue weighted by atomic mass is 10.1. The van der Waals surface area contributed by atoms with Crippen LogP contribution in [0.5, 0.6) is 5.75 Å². The minimum absolute atomic E-state index is 0.0293. The van der Waals surface area contributed by atoms with Gasteiger partial charge in [0.2, 0.25) is 0 Å². The van der Waals surface area contributed by atoms with Gasteiger partial charge in [0.1, 0.15) is 5.75 Å². The molecule has 0 unspecified atom stereocenters. The fourth-order valence-corrected chi connectivity index (χ4v) is 2.74.